The molecule has 0 aliphatic carbocycles. The first-order chi connectivity index (χ1) is 16.5. The molecule has 10 heteroatoms. The Morgan fingerprint density at radius 3 is 2.62 bits per heavy atom. The smallest absolute Gasteiger partial charge is 0.233 e. The number of fused-ring (bicyclic) bond motifs is 1. The van der Waals surface area contributed by atoms with Crippen LogP contribution < -0.4 is 14.8 Å². The van der Waals surface area contributed by atoms with Gasteiger partial charge in [0.25, 0.3) is 0 Å². The van der Waals surface area contributed by atoms with Crippen molar-refractivity contribution in [1.82, 2.24) is 14.5 Å². The van der Waals surface area contributed by atoms with Crippen LogP contribution in [-0.4, -0.2) is 42.7 Å². The molecule has 0 unspecified atom stereocenters. The Morgan fingerprint density at radius 1 is 1.06 bits per heavy atom. The van der Waals surface area contributed by atoms with Crippen molar-refractivity contribution in [2.24, 2.45) is 0 Å². The molecule has 1 aliphatic heterocycles. The van der Waals surface area contributed by atoms with Crippen molar-refractivity contribution >= 4 is 15.7 Å². The quantitative estimate of drug-likeness (QED) is 0.378. The Labute approximate surface area is 197 Å². The molecule has 2 aromatic heterocycles. The number of hydrogen-bond acceptors (Lipinski definition) is 8. The van der Waals surface area contributed by atoms with Crippen LogP contribution in [-0.2, 0) is 16.4 Å². The van der Waals surface area contributed by atoms with Crippen molar-refractivity contribution in [1.29, 1.82) is 0 Å². The van der Waals surface area contributed by atoms with Gasteiger partial charge in [0.2, 0.25) is 26.6 Å². The van der Waals surface area contributed by atoms with Gasteiger partial charge in [-0.2, -0.15) is 4.98 Å². The number of rotatable bonds is 8. The van der Waals surface area contributed by atoms with E-state index in [2.05, 4.69) is 15.3 Å². The van der Waals surface area contributed by atoms with E-state index < -0.39 is 9.84 Å². The molecule has 3 heterocycles. The lowest BCUT2D eigenvalue weighted by atomic mass is 10.1. The van der Waals surface area contributed by atoms with Crippen LogP contribution in [0.3, 0.4) is 0 Å². The van der Waals surface area contributed by atoms with E-state index in [1.165, 1.54) is 12.1 Å². The third-order valence-electron chi connectivity index (χ3n) is 5.41. The van der Waals surface area contributed by atoms with Crippen molar-refractivity contribution in [2.45, 2.75) is 29.8 Å². The van der Waals surface area contributed by atoms with Crippen LogP contribution in [0.25, 0.3) is 11.5 Å². The lowest BCUT2D eigenvalue weighted by Crippen LogP contribution is -2.16. The zero-order chi connectivity index (χ0) is 23.5. The monoisotopic (exact) mass is 480 g/mol. The molecule has 0 saturated heterocycles. The normalized spacial score (nSPS) is 13.1. The minimum Gasteiger partial charge on any atom is -0.486 e. The highest BCUT2D eigenvalue weighted by atomic mass is 32.2. The second kappa shape index (κ2) is 9.22. The second-order valence-corrected chi connectivity index (χ2v) is 9.77. The Bertz CT molecular complexity index is 1380. The Hall–Kier alpha value is -3.79. The minimum absolute atomic E-state index is 0.0574. The zero-order valence-electron chi connectivity index (χ0n) is 18.6. The topological polar surface area (TPSA) is 108 Å². The summed E-state index contributed by atoms with van der Waals surface area (Å²) in [7, 11) is -4.00. The third-order valence-corrected chi connectivity index (χ3v) is 7.07. The summed E-state index contributed by atoms with van der Waals surface area (Å²) < 4.78 is 46.1. The zero-order valence-corrected chi connectivity index (χ0v) is 19.4. The van der Waals surface area contributed by atoms with E-state index in [9.17, 15) is 8.42 Å². The number of ether oxygens (including phenoxy) is 2. The fraction of sp³-hybridized carbons (Fsp3) is 0.250. The molecule has 5 rings (SSSR count). The van der Waals surface area contributed by atoms with E-state index in [1.807, 2.05) is 42.0 Å². The first kappa shape index (κ1) is 22.0. The van der Waals surface area contributed by atoms with Crippen LogP contribution in [0.5, 0.6) is 11.5 Å². The summed E-state index contributed by atoms with van der Waals surface area (Å²) in [5.74, 6) is 1.25. The summed E-state index contributed by atoms with van der Waals surface area (Å²) in [6, 6.07) is 12.1. The number of aromatic nitrogens is 3. The molecule has 2 aromatic carbocycles. The molecule has 0 atom stereocenters. The summed E-state index contributed by atoms with van der Waals surface area (Å²) in [6.07, 6.45) is 6.07. The first-order valence-corrected chi connectivity index (χ1v) is 12.4. The van der Waals surface area contributed by atoms with Gasteiger partial charge in [0.05, 0.1) is 11.2 Å². The van der Waals surface area contributed by atoms with Gasteiger partial charge in [-0.3, -0.25) is 0 Å². The number of sulfone groups is 1. The predicted molar refractivity (Wildman–Crippen MR) is 125 cm³/mol. The van der Waals surface area contributed by atoms with Gasteiger partial charge in [0.15, 0.2) is 11.5 Å². The van der Waals surface area contributed by atoms with Crippen LogP contribution in [0.15, 0.2) is 75.5 Å². The molecular weight excluding hydrogens is 456 g/mol. The van der Waals surface area contributed by atoms with E-state index in [1.54, 1.807) is 18.6 Å². The van der Waals surface area contributed by atoms with E-state index in [-0.39, 0.29) is 21.7 Å². The maximum Gasteiger partial charge on any atom is 0.233 e. The van der Waals surface area contributed by atoms with Crippen molar-refractivity contribution in [3.63, 3.8) is 0 Å². The van der Waals surface area contributed by atoms with Crippen molar-refractivity contribution in [2.75, 3.05) is 25.1 Å². The second-order valence-electron chi connectivity index (χ2n) is 7.91. The van der Waals surface area contributed by atoms with Crippen LogP contribution in [0, 0.1) is 6.92 Å². The Balaban J connectivity index is 1.46. The van der Waals surface area contributed by atoms with E-state index in [0.717, 1.165) is 18.5 Å². The number of anilines is 1. The summed E-state index contributed by atoms with van der Waals surface area (Å²) in [4.78, 5) is 8.48. The fourth-order valence-corrected chi connectivity index (χ4v) is 4.90. The number of aryl methyl sites for hydroxylation is 2. The molecule has 34 heavy (non-hydrogen) atoms. The number of hydrogen-bond donors (Lipinski definition) is 1. The van der Waals surface area contributed by atoms with Crippen LogP contribution in [0.1, 0.15) is 12.0 Å². The van der Waals surface area contributed by atoms with Crippen LogP contribution in [0.2, 0.25) is 0 Å². The molecule has 4 aromatic rings. The molecule has 1 N–H and O–H groups in total. The van der Waals surface area contributed by atoms with Crippen molar-refractivity contribution in [3.8, 4) is 23.0 Å². The average molecular weight is 481 g/mol. The number of benzene rings is 2. The molecule has 1 aliphatic rings. The van der Waals surface area contributed by atoms with Gasteiger partial charge in [-0.1, -0.05) is 17.7 Å². The summed E-state index contributed by atoms with van der Waals surface area (Å²) in [6.45, 7) is 3.99. The van der Waals surface area contributed by atoms with E-state index >= 15 is 0 Å². The Morgan fingerprint density at radius 2 is 1.85 bits per heavy atom. The lowest BCUT2D eigenvalue weighted by molar-refractivity contribution is 0.171. The Kier molecular flexibility index (Phi) is 5.97. The maximum atomic E-state index is 13.6. The molecule has 0 bridgehead atoms. The highest BCUT2D eigenvalue weighted by Crippen LogP contribution is 2.37. The van der Waals surface area contributed by atoms with E-state index in [4.69, 9.17) is 13.9 Å². The average Bonchev–Trinajstić information content (AvgIpc) is 3.52. The first-order valence-electron chi connectivity index (χ1n) is 10.9. The summed E-state index contributed by atoms with van der Waals surface area (Å²) >= 11 is 0. The number of nitrogens with one attached hydrogen (secondary N) is 1. The van der Waals surface area contributed by atoms with Crippen LogP contribution >= 0.6 is 0 Å². The van der Waals surface area contributed by atoms with Gasteiger partial charge in [-0.05, 0) is 37.6 Å². The van der Waals surface area contributed by atoms with Crippen molar-refractivity contribution < 1.29 is 22.3 Å². The minimum atomic E-state index is -4.00. The standard InChI is InChI=1S/C24H24N4O5S/c1-17-3-5-18(6-4-17)22-27-24(23(33-22)26-9-2-11-28-12-10-25-16-28)34(29,30)19-7-8-20-21(15-19)32-14-13-31-20/h3-8,10,12,15-16,26H,2,9,11,13-14H2,1H3. The van der Waals surface area contributed by atoms with Crippen LogP contribution in [0.4, 0.5) is 5.88 Å². The highest BCUT2D eigenvalue weighted by molar-refractivity contribution is 7.91. The van der Waals surface area contributed by atoms with Gasteiger partial charge in [0, 0.05) is 37.1 Å². The number of oxazole rings is 1. The number of imidazole rings is 1. The van der Waals surface area contributed by atoms with Gasteiger partial charge in [-0.15, -0.1) is 0 Å². The summed E-state index contributed by atoms with van der Waals surface area (Å²) in [5, 5.41) is 2.95. The SMILES string of the molecule is Cc1ccc(-c2nc(S(=O)(=O)c3ccc4c(c3)OCCO4)c(NCCCn3ccnc3)o2)cc1. The van der Waals surface area contributed by atoms with Crippen molar-refractivity contribution in [3.05, 3.63) is 66.7 Å². The summed E-state index contributed by atoms with van der Waals surface area (Å²) in [5.41, 5.74) is 1.77. The third kappa shape index (κ3) is 4.49. The largest absolute Gasteiger partial charge is 0.486 e. The van der Waals surface area contributed by atoms with Gasteiger partial charge >= 0.3 is 0 Å². The molecule has 0 amide bonds. The molecule has 0 saturated carbocycles. The molecule has 0 fully saturated rings. The predicted octanol–water partition coefficient (Wildman–Crippen LogP) is 3.95. The molecule has 0 spiro atoms. The highest BCUT2D eigenvalue weighted by Gasteiger charge is 2.30. The van der Waals surface area contributed by atoms with E-state index in [0.29, 0.717) is 36.8 Å². The maximum absolute atomic E-state index is 13.6. The molecule has 176 valence electrons. The molecule has 0 radical (unpaired) electrons. The number of nitrogens with zero attached hydrogens (tertiary/aromatic N) is 3. The van der Waals surface area contributed by atoms with Gasteiger partial charge < -0.3 is 23.8 Å². The fourth-order valence-electron chi connectivity index (χ4n) is 3.60. The van der Waals surface area contributed by atoms with Gasteiger partial charge in [0.1, 0.15) is 13.2 Å². The lowest BCUT2D eigenvalue weighted by Gasteiger charge is -2.18. The van der Waals surface area contributed by atoms with Gasteiger partial charge in [-0.25, -0.2) is 13.4 Å². The molecular formula is C24H24N4O5S. The molecule has 9 nitrogen and oxygen atoms in total.